The molecule has 4 rings (SSSR count). The summed E-state index contributed by atoms with van der Waals surface area (Å²) in [4.78, 5) is 32.4. The van der Waals surface area contributed by atoms with Gasteiger partial charge in [0.2, 0.25) is 0 Å². The number of ether oxygens (including phenoxy) is 1. The first-order valence-electron chi connectivity index (χ1n) is 9.85. The van der Waals surface area contributed by atoms with Crippen LogP contribution in [0.5, 0.6) is 0 Å². The first kappa shape index (κ1) is 20.1. The lowest BCUT2D eigenvalue weighted by atomic mass is 10.0. The van der Waals surface area contributed by atoms with Crippen molar-refractivity contribution < 1.29 is 14.3 Å². The van der Waals surface area contributed by atoms with Crippen molar-refractivity contribution in [3.63, 3.8) is 0 Å². The average Bonchev–Trinajstić information content (AvgIpc) is 2.75. The number of amides is 2. The van der Waals surface area contributed by atoms with Crippen LogP contribution in [-0.2, 0) is 4.74 Å². The molecule has 0 unspecified atom stereocenters. The second-order valence-corrected chi connectivity index (χ2v) is 8.22. The van der Waals surface area contributed by atoms with Gasteiger partial charge in [-0.3, -0.25) is 14.5 Å². The van der Waals surface area contributed by atoms with Gasteiger partial charge in [-0.05, 0) is 36.8 Å². The standard InChI is InChI=1S/C22H24BrN3O3/c1-24-19-8-7-16(23)15-18(19)22(28)26(10-4-9-25-11-13-29-14-12-25)20-6-3-2-5-17(20)21(24)27/h2-3,5-8,15H,4,9-14H2,1H3. The lowest BCUT2D eigenvalue weighted by Crippen LogP contribution is -2.41. The number of para-hydroxylation sites is 1. The Hall–Kier alpha value is -2.22. The van der Waals surface area contributed by atoms with Gasteiger partial charge in [-0.15, -0.1) is 0 Å². The molecule has 0 aromatic heterocycles. The highest BCUT2D eigenvalue weighted by atomic mass is 79.9. The van der Waals surface area contributed by atoms with Gasteiger partial charge in [0.15, 0.2) is 0 Å². The Balaban J connectivity index is 1.67. The minimum absolute atomic E-state index is 0.0879. The van der Waals surface area contributed by atoms with Crippen LogP contribution < -0.4 is 9.80 Å². The summed E-state index contributed by atoms with van der Waals surface area (Å²) in [6.45, 7) is 4.80. The molecule has 1 fully saturated rings. The van der Waals surface area contributed by atoms with E-state index < -0.39 is 0 Å². The molecule has 2 aliphatic heterocycles. The minimum atomic E-state index is -0.116. The second-order valence-electron chi connectivity index (χ2n) is 7.31. The first-order valence-corrected chi connectivity index (χ1v) is 10.6. The van der Waals surface area contributed by atoms with E-state index in [0.717, 1.165) is 43.7 Å². The number of morpholine rings is 1. The van der Waals surface area contributed by atoms with E-state index >= 15 is 0 Å². The molecule has 0 bridgehead atoms. The molecule has 29 heavy (non-hydrogen) atoms. The molecule has 0 spiro atoms. The molecule has 2 amide bonds. The highest BCUT2D eigenvalue weighted by Gasteiger charge is 2.31. The third kappa shape index (κ3) is 4.08. The van der Waals surface area contributed by atoms with Gasteiger partial charge >= 0.3 is 0 Å². The number of nitrogens with zero attached hydrogens (tertiary/aromatic N) is 3. The second kappa shape index (κ2) is 8.65. The van der Waals surface area contributed by atoms with Crippen LogP contribution >= 0.6 is 15.9 Å². The maximum absolute atomic E-state index is 13.6. The summed E-state index contributed by atoms with van der Waals surface area (Å²) in [7, 11) is 1.72. The maximum atomic E-state index is 13.6. The van der Waals surface area contributed by atoms with Crippen molar-refractivity contribution in [3.05, 3.63) is 58.1 Å². The molecule has 0 radical (unpaired) electrons. The Bertz CT molecular complexity index is 927. The number of hydrogen-bond acceptors (Lipinski definition) is 4. The molecule has 2 aromatic rings. The normalized spacial score (nSPS) is 17.6. The van der Waals surface area contributed by atoms with E-state index in [1.807, 2.05) is 30.3 Å². The van der Waals surface area contributed by atoms with Crippen LogP contribution in [0.4, 0.5) is 11.4 Å². The average molecular weight is 458 g/mol. The number of rotatable bonds is 4. The van der Waals surface area contributed by atoms with Gasteiger partial charge in [-0.2, -0.15) is 0 Å². The Morgan fingerprint density at radius 2 is 1.69 bits per heavy atom. The number of anilines is 2. The Morgan fingerprint density at radius 1 is 0.931 bits per heavy atom. The molecule has 0 saturated carbocycles. The van der Waals surface area contributed by atoms with E-state index in [1.165, 1.54) is 0 Å². The molecule has 152 valence electrons. The number of halogens is 1. The van der Waals surface area contributed by atoms with Gasteiger partial charge in [0.1, 0.15) is 0 Å². The molecular formula is C22H24BrN3O3. The number of carbonyl (C=O) groups excluding carboxylic acids is 2. The number of fused-ring (bicyclic) bond motifs is 2. The van der Waals surface area contributed by atoms with Gasteiger partial charge in [-0.1, -0.05) is 28.1 Å². The quantitative estimate of drug-likeness (QED) is 0.705. The summed E-state index contributed by atoms with van der Waals surface area (Å²) in [6.07, 6.45) is 0.827. The molecule has 6 nitrogen and oxygen atoms in total. The van der Waals surface area contributed by atoms with Crippen molar-refractivity contribution in [2.75, 3.05) is 56.2 Å². The van der Waals surface area contributed by atoms with Crippen LogP contribution in [0.25, 0.3) is 0 Å². The fraction of sp³-hybridized carbons (Fsp3) is 0.364. The summed E-state index contributed by atoms with van der Waals surface area (Å²) in [5.41, 5.74) is 2.36. The van der Waals surface area contributed by atoms with Gasteiger partial charge < -0.3 is 14.5 Å². The van der Waals surface area contributed by atoms with Crippen LogP contribution in [0.15, 0.2) is 46.9 Å². The zero-order chi connectivity index (χ0) is 20.4. The predicted octanol–water partition coefficient (Wildman–Crippen LogP) is 3.41. The zero-order valence-electron chi connectivity index (χ0n) is 16.4. The molecule has 7 heteroatoms. The molecule has 2 heterocycles. The van der Waals surface area contributed by atoms with E-state index in [-0.39, 0.29) is 11.8 Å². The molecule has 1 saturated heterocycles. The molecule has 2 aromatic carbocycles. The minimum Gasteiger partial charge on any atom is -0.379 e. The van der Waals surface area contributed by atoms with Crippen LogP contribution in [0.1, 0.15) is 27.1 Å². The van der Waals surface area contributed by atoms with E-state index in [4.69, 9.17) is 4.74 Å². The summed E-state index contributed by atoms with van der Waals surface area (Å²) in [6, 6.07) is 12.8. The zero-order valence-corrected chi connectivity index (χ0v) is 18.0. The topological polar surface area (TPSA) is 53.1 Å². The van der Waals surface area contributed by atoms with Crippen LogP contribution in [0, 0.1) is 0 Å². The summed E-state index contributed by atoms with van der Waals surface area (Å²) < 4.78 is 6.22. The SMILES string of the molecule is CN1C(=O)c2ccccc2N(CCCN2CCOCC2)C(=O)c2cc(Br)ccc21. The highest BCUT2D eigenvalue weighted by molar-refractivity contribution is 9.10. The molecular weight excluding hydrogens is 434 g/mol. The third-order valence-corrected chi connectivity index (χ3v) is 5.98. The van der Waals surface area contributed by atoms with Crippen molar-refractivity contribution in [2.24, 2.45) is 0 Å². The smallest absolute Gasteiger partial charge is 0.260 e. The van der Waals surface area contributed by atoms with Crippen molar-refractivity contribution in [1.29, 1.82) is 0 Å². The van der Waals surface area contributed by atoms with E-state index in [2.05, 4.69) is 20.8 Å². The van der Waals surface area contributed by atoms with E-state index in [1.54, 1.807) is 29.0 Å². The van der Waals surface area contributed by atoms with Crippen LogP contribution in [0.3, 0.4) is 0 Å². The Labute approximate surface area is 179 Å². The van der Waals surface area contributed by atoms with Crippen LogP contribution in [0.2, 0.25) is 0 Å². The highest BCUT2D eigenvalue weighted by Crippen LogP contribution is 2.33. The molecule has 0 N–H and O–H groups in total. The number of benzene rings is 2. The Morgan fingerprint density at radius 3 is 2.48 bits per heavy atom. The first-order chi connectivity index (χ1) is 14.1. The summed E-state index contributed by atoms with van der Waals surface area (Å²) in [5.74, 6) is -0.204. The van der Waals surface area contributed by atoms with Crippen molar-refractivity contribution in [2.45, 2.75) is 6.42 Å². The van der Waals surface area contributed by atoms with Crippen molar-refractivity contribution >= 4 is 39.1 Å². The van der Waals surface area contributed by atoms with Crippen LogP contribution in [-0.4, -0.2) is 63.2 Å². The summed E-state index contributed by atoms with van der Waals surface area (Å²) in [5, 5.41) is 0. The molecule has 2 aliphatic rings. The van der Waals surface area contributed by atoms with E-state index in [0.29, 0.717) is 29.0 Å². The molecule has 0 atom stereocenters. The fourth-order valence-electron chi connectivity index (χ4n) is 3.91. The maximum Gasteiger partial charge on any atom is 0.260 e. The summed E-state index contributed by atoms with van der Waals surface area (Å²) >= 11 is 3.46. The fourth-order valence-corrected chi connectivity index (χ4v) is 4.27. The number of carbonyl (C=O) groups is 2. The number of hydrogen-bond donors (Lipinski definition) is 0. The lowest BCUT2D eigenvalue weighted by molar-refractivity contribution is 0.0376. The van der Waals surface area contributed by atoms with Gasteiger partial charge in [0.25, 0.3) is 11.8 Å². The lowest BCUT2D eigenvalue weighted by Gasteiger charge is -2.32. The van der Waals surface area contributed by atoms with Crippen molar-refractivity contribution in [3.8, 4) is 0 Å². The van der Waals surface area contributed by atoms with Gasteiger partial charge in [0.05, 0.1) is 35.7 Å². The third-order valence-electron chi connectivity index (χ3n) is 5.49. The van der Waals surface area contributed by atoms with E-state index in [9.17, 15) is 9.59 Å². The Kier molecular flexibility index (Phi) is 5.99. The monoisotopic (exact) mass is 457 g/mol. The van der Waals surface area contributed by atoms with Gasteiger partial charge in [0, 0.05) is 37.7 Å². The predicted molar refractivity (Wildman–Crippen MR) is 117 cm³/mol. The largest absolute Gasteiger partial charge is 0.379 e. The van der Waals surface area contributed by atoms with Gasteiger partial charge in [-0.25, -0.2) is 0 Å². The molecule has 0 aliphatic carbocycles. The van der Waals surface area contributed by atoms with Crippen molar-refractivity contribution in [1.82, 2.24) is 4.90 Å².